The van der Waals surface area contributed by atoms with E-state index in [9.17, 15) is 9.90 Å². The Balaban J connectivity index is 1.82. The lowest BCUT2D eigenvalue weighted by Crippen LogP contribution is -2.45. The zero-order chi connectivity index (χ0) is 15.0. The highest BCUT2D eigenvalue weighted by Gasteiger charge is 2.25. The molecule has 1 aliphatic carbocycles. The number of fused-ring (bicyclic) bond motifs is 1. The molecule has 1 saturated carbocycles. The Morgan fingerprint density at radius 1 is 1.43 bits per heavy atom. The smallest absolute Gasteiger partial charge is 0.253 e. The van der Waals surface area contributed by atoms with Crippen LogP contribution < -0.4 is 5.32 Å². The normalized spacial score (nSPS) is 22.4. The van der Waals surface area contributed by atoms with Gasteiger partial charge in [-0.25, -0.2) is 4.98 Å². The summed E-state index contributed by atoms with van der Waals surface area (Å²) in [5.74, 6) is -0.182. The predicted molar refractivity (Wildman–Crippen MR) is 79.0 cm³/mol. The Morgan fingerprint density at radius 2 is 2.19 bits per heavy atom. The molecule has 1 fully saturated rings. The number of hydrogen-bond acceptors (Lipinski definition) is 4. The Bertz CT molecular complexity index is 680. The van der Waals surface area contributed by atoms with Crippen molar-refractivity contribution in [3.8, 4) is 0 Å². The summed E-state index contributed by atoms with van der Waals surface area (Å²) in [4.78, 5) is 16.6. The monoisotopic (exact) mass is 288 g/mol. The zero-order valence-corrected chi connectivity index (χ0v) is 12.3. The van der Waals surface area contributed by atoms with E-state index in [0.29, 0.717) is 5.56 Å². The second-order valence-electron chi connectivity index (χ2n) is 5.74. The maximum absolute atomic E-state index is 12.3. The van der Waals surface area contributed by atoms with Gasteiger partial charge in [0.2, 0.25) is 0 Å². The van der Waals surface area contributed by atoms with Gasteiger partial charge in [0, 0.05) is 18.6 Å². The topological polar surface area (TPSA) is 80.0 Å². The first-order valence-corrected chi connectivity index (χ1v) is 7.34. The van der Waals surface area contributed by atoms with E-state index in [4.69, 9.17) is 0 Å². The van der Waals surface area contributed by atoms with Crippen molar-refractivity contribution in [2.75, 3.05) is 0 Å². The summed E-state index contributed by atoms with van der Waals surface area (Å²) in [6.07, 6.45) is 4.77. The summed E-state index contributed by atoms with van der Waals surface area (Å²) < 4.78 is 1.71. The van der Waals surface area contributed by atoms with E-state index in [-0.39, 0.29) is 11.9 Å². The molecule has 2 heterocycles. The molecule has 21 heavy (non-hydrogen) atoms. The van der Waals surface area contributed by atoms with E-state index in [2.05, 4.69) is 15.4 Å². The van der Waals surface area contributed by atoms with Crippen LogP contribution in [0.3, 0.4) is 0 Å². The third-order valence-corrected chi connectivity index (χ3v) is 4.17. The quantitative estimate of drug-likeness (QED) is 0.873. The van der Waals surface area contributed by atoms with Crippen LogP contribution in [0, 0.1) is 6.92 Å². The molecule has 3 rings (SSSR count). The molecular weight excluding hydrogens is 268 g/mol. The van der Waals surface area contributed by atoms with Crippen molar-refractivity contribution in [2.45, 2.75) is 44.8 Å². The molecule has 1 aliphatic rings. The Morgan fingerprint density at radius 3 is 2.95 bits per heavy atom. The predicted octanol–water partition coefficient (Wildman–Crippen LogP) is 1.31. The highest BCUT2D eigenvalue weighted by Crippen LogP contribution is 2.20. The highest BCUT2D eigenvalue weighted by molar-refractivity contribution is 5.97. The van der Waals surface area contributed by atoms with Crippen molar-refractivity contribution in [3.63, 3.8) is 0 Å². The molecule has 2 atom stereocenters. The van der Waals surface area contributed by atoms with Gasteiger partial charge in [0.25, 0.3) is 5.91 Å². The summed E-state index contributed by atoms with van der Waals surface area (Å²) in [7, 11) is 1.83. The first-order chi connectivity index (χ1) is 10.1. The number of amides is 1. The molecular formula is C15H20N4O2. The average Bonchev–Trinajstić information content (AvgIpc) is 2.76. The minimum absolute atomic E-state index is 0.156. The van der Waals surface area contributed by atoms with Crippen LogP contribution in [0.2, 0.25) is 0 Å². The van der Waals surface area contributed by atoms with Gasteiger partial charge in [-0.05, 0) is 25.8 Å². The van der Waals surface area contributed by atoms with Crippen LogP contribution in [0.1, 0.15) is 41.7 Å². The van der Waals surface area contributed by atoms with E-state index in [0.717, 1.165) is 42.4 Å². The van der Waals surface area contributed by atoms with Crippen LogP contribution in [0.4, 0.5) is 0 Å². The number of carbonyl (C=O) groups excluding carboxylic acids is 1. The molecule has 2 N–H and O–H groups in total. The Hall–Kier alpha value is -1.95. The molecule has 2 unspecified atom stereocenters. The summed E-state index contributed by atoms with van der Waals surface area (Å²) in [5, 5.41) is 18.0. The van der Waals surface area contributed by atoms with Gasteiger partial charge in [-0.2, -0.15) is 5.10 Å². The van der Waals surface area contributed by atoms with E-state index in [1.54, 1.807) is 10.9 Å². The number of aromatic nitrogens is 3. The molecule has 6 heteroatoms. The van der Waals surface area contributed by atoms with Crippen molar-refractivity contribution in [1.29, 1.82) is 0 Å². The fourth-order valence-electron chi connectivity index (χ4n) is 2.96. The fraction of sp³-hybridized carbons (Fsp3) is 0.533. The second-order valence-corrected chi connectivity index (χ2v) is 5.74. The van der Waals surface area contributed by atoms with E-state index in [1.807, 2.05) is 20.0 Å². The summed E-state index contributed by atoms with van der Waals surface area (Å²) in [6, 6.07) is 1.66. The number of hydrogen-bond donors (Lipinski definition) is 2. The number of nitrogens with zero attached hydrogens (tertiary/aromatic N) is 3. The van der Waals surface area contributed by atoms with Gasteiger partial charge >= 0.3 is 0 Å². The van der Waals surface area contributed by atoms with Crippen LogP contribution in [-0.4, -0.2) is 37.9 Å². The van der Waals surface area contributed by atoms with Crippen LogP contribution in [0.25, 0.3) is 11.0 Å². The molecule has 0 aliphatic heterocycles. The van der Waals surface area contributed by atoms with Crippen molar-refractivity contribution in [2.24, 2.45) is 7.05 Å². The summed E-state index contributed by atoms with van der Waals surface area (Å²) >= 11 is 0. The molecule has 0 bridgehead atoms. The number of nitrogens with one attached hydrogen (secondary N) is 1. The maximum atomic E-state index is 12.3. The number of aliphatic hydroxyl groups is 1. The van der Waals surface area contributed by atoms with E-state index < -0.39 is 6.10 Å². The number of pyridine rings is 1. The van der Waals surface area contributed by atoms with Gasteiger partial charge < -0.3 is 10.4 Å². The maximum Gasteiger partial charge on any atom is 0.253 e. The van der Waals surface area contributed by atoms with Gasteiger partial charge in [0.15, 0.2) is 5.65 Å². The Kier molecular flexibility index (Phi) is 3.63. The van der Waals surface area contributed by atoms with E-state index >= 15 is 0 Å². The molecule has 112 valence electrons. The van der Waals surface area contributed by atoms with Crippen molar-refractivity contribution in [1.82, 2.24) is 20.1 Å². The number of aryl methyl sites for hydroxylation is 2. The fourth-order valence-corrected chi connectivity index (χ4v) is 2.96. The molecule has 2 aromatic rings. The van der Waals surface area contributed by atoms with Crippen LogP contribution >= 0.6 is 0 Å². The first kappa shape index (κ1) is 14.0. The molecule has 1 amide bonds. The van der Waals surface area contributed by atoms with Gasteiger partial charge in [0.05, 0.1) is 23.4 Å². The molecule has 0 aromatic carbocycles. The van der Waals surface area contributed by atoms with Crippen molar-refractivity contribution in [3.05, 3.63) is 23.5 Å². The minimum Gasteiger partial charge on any atom is -0.391 e. The Labute approximate surface area is 123 Å². The largest absolute Gasteiger partial charge is 0.391 e. The van der Waals surface area contributed by atoms with Crippen molar-refractivity contribution < 1.29 is 9.90 Å². The van der Waals surface area contributed by atoms with Crippen molar-refractivity contribution >= 4 is 16.9 Å². The average molecular weight is 288 g/mol. The van der Waals surface area contributed by atoms with Crippen LogP contribution in [0.5, 0.6) is 0 Å². The zero-order valence-electron chi connectivity index (χ0n) is 12.3. The lowest BCUT2D eigenvalue weighted by molar-refractivity contribution is 0.0717. The van der Waals surface area contributed by atoms with Crippen LogP contribution in [0.15, 0.2) is 12.3 Å². The third kappa shape index (κ3) is 2.63. The molecule has 0 saturated heterocycles. The lowest BCUT2D eigenvalue weighted by atomic mass is 9.92. The molecule has 6 nitrogen and oxygen atoms in total. The number of rotatable bonds is 2. The molecule has 2 aromatic heterocycles. The van der Waals surface area contributed by atoms with Crippen LogP contribution in [-0.2, 0) is 7.05 Å². The number of carbonyl (C=O) groups is 1. The van der Waals surface area contributed by atoms with E-state index in [1.165, 1.54) is 0 Å². The summed E-state index contributed by atoms with van der Waals surface area (Å²) in [5.41, 5.74) is 2.13. The summed E-state index contributed by atoms with van der Waals surface area (Å²) in [6.45, 7) is 1.90. The SMILES string of the molecule is Cc1nn(C)c2ncc(C(=O)NC3CCCCC3O)cc12. The highest BCUT2D eigenvalue weighted by atomic mass is 16.3. The van der Waals surface area contributed by atoms with Gasteiger partial charge in [0.1, 0.15) is 0 Å². The molecule has 0 radical (unpaired) electrons. The second kappa shape index (κ2) is 5.44. The lowest BCUT2D eigenvalue weighted by Gasteiger charge is -2.28. The first-order valence-electron chi connectivity index (χ1n) is 7.34. The molecule has 0 spiro atoms. The number of aliphatic hydroxyl groups excluding tert-OH is 1. The van der Waals surface area contributed by atoms with Gasteiger partial charge in [-0.1, -0.05) is 12.8 Å². The standard InChI is InChI=1S/C15H20N4O2/c1-9-11-7-10(8-16-14(11)19(2)18-9)15(21)17-12-5-3-4-6-13(12)20/h7-8,12-13,20H,3-6H2,1-2H3,(H,17,21). The van der Waals surface area contributed by atoms with Gasteiger partial charge in [-0.3, -0.25) is 9.48 Å². The van der Waals surface area contributed by atoms with Gasteiger partial charge in [-0.15, -0.1) is 0 Å². The minimum atomic E-state index is -0.445. The third-order valence-electron chi connectivity index (χ3n) is 4.17.